The van der Waals surface area contributed by atoms with Crippen LogP contribution in [0.25, 0.3) is 0 Å². The lowest BCUT2D eigenvalue weighted by Gasteiger charge is -2.17. The van der Waals surface area contributed by atoms with Crippen LogP contribution < -0.4 is 14.8 Å². The van der Waals surface area contributed by atoms with Crippen molar-refractivity contribution in [2.24, 2.45) is 0 Å². The number of amides is 1. The van der Waals surface area contributed by atoms with E-state index in [0.717, 1.165) is 23.4 Å². The van der Waals surface area contributed by atoms with Gasteiger partial charge in [0.05, 0.1) is 6.61 Å². The smallest absolute Gasteiger partial charge is 0.265 e. The number of hydrogen-bond donors (Lipinski definition) is 1. The van der Waals surface area contributed by atoms with Crippen LogP contribution in [0, 0.1) is 6.92 Å². The van der Waals surface area contributed by atoms with E-state index < -0.39 is 6.10 Å². The summed E-state index contributed by atoms with van der Waals surface area (Å²) >= 11 is 0. The Hall–Kier alpha value is -2.49. The van der Waals surface area contributed by atoms with E-state index in [9.17, 15) is 4.79 Å². The van der Waals surface area contributed by atoms with Gasteiger partial charge in [0.15, 0.2) is 6.10 Å². The Labute approximate surface area is 143 Å². The highest BCUT2D eigenvalue weighted by Gasteiger charge is 2.18. The van der Waals surface area contributed by atoms with Crippen molar-refractivity contribution in [1.29, 1.82) is 0 Å². The number of benzene rings is 2. The van der Waals surface area contributed by atoms with E-state index in [1.807, 2.05) is 62.4 Å². The maximum Gasteiger partial charge on any atom is 0.265 e. The van der Waals surface area contributed by atoms with Crippen LogP contribution >= 0.6 is 0 Å². The molecule has 0 radical (unpaired) electrons. The van der Waals surface area contributed by atoms with Gasteiger partial charge in [0, 0.05) is 5.69 Å². The highest BCUT2D eigenvalue weighted by atomic mass is 16.5. The van der Waals surface area contributed by atoms with Gasteiger partial charge in [-0.15, -0.1) is 0 Å². The van der Waals surface area contributed by atoms with Crippen molar-refractivity contribution in [3.8, 4) is 11.5 Å². The van der Waals surface area contributed by atoms with Gasteiger partial charge in [-0.3, -0.25) is 4.79 Å². The average molecular weight is 327 g/mol. The molecule has 1 amide bonds. The minimum absolute atomic E-state index is 0.152. The van der Waals surface area contributed by atoms with Crippen molar-refractivity contribution < 1.29 is 14.3 Å². The summed E-state index contributed by atoms with van der Waals surface area (Å²) in [4.78, 5) is 12.4. The molecule has 0 aliphatic carbocycles. The van der Waals surface area contributed by atoms with Gasteiger partial charge >= 0.3 is 0 Å². The van der Waals surface area contributed by atoms with Crippen LogP contribution in [0.3, 0.4) is 0 Å². The average Bonchev–Trinajstić information content (AvgIpc) is 2.59. The predicted octanol–water partition coefficient (Wildman–Crippen LogP) is 4.58. The molecule has 24 heavy (non-hydrogen) atoms. The summed E-state index contributed by atoms with van der Waals surface area (Å²) in [6.45, 7) is 6.68. The molecule has 0 heterocycles. The number of nitrogens with one attached hydrogen (secondary N) is 1. The zero-order valence-corrected chi connectivity index (χ0v) is 14.5. The SMILES string of the molecule is CCCOc1ccc(NC(=O)[C@@H](CC)Oc2cccc(C)c2)cc1. The molecular weight excluding hydrogens is 302 g/mol. The van der Waals surface area contributed by atoms with Crippen LogP contribution in [0.15, 0.2) is 48.5 Å². The molecule has 0 aliphatic heterocycles. The van der Waals surface area contributed by atoms with Crippen molar-refractivity contribution in [3.63, 3.8) is 0 Å². The summed E-state index contributed by atoms with van der Waals surface area (Å²) in [7, 11) is 0. The predicted molar refractivity (Wildman–Crippen MR) is 96.7 cm³/mol. The Bertz CT molecular complexity index is 652. The fraction of sp³-hybridized carbons (Fsp3) is 0.350. The van der Waals surface area contributed by atoms with Gasteiger partial charge in [-0.1, -0.05) is 26.0 Å². The molecule has 0 fully saturated rings. The molecule has 0 aromatic heterocycles. The minimum Gasteiger partial charge on any atom is -0.494 e. The molecule has 0 unspecified atom stereocenters. The molecule has 0 saturated carbocycles. The number of anilines is 1. The van der Waals surface area contributed by atoms with Crippen LogP contribution in [0.4, 0.5) is 5.69 Å². The number of aryl methyl sites for hydroxylation is 1. The van der Waals surface area contributed by atoms with E-state index in [0.29, 0.717) is 18.8 Å². The molecule has 2 aromatic rings. The minimum atomic E-state index is -0.525. The first kappa shape index (κ1) is 17.9. The topological polar surface area (TPSA) is 47.6 Å². The Morgan fingerprint density at radius 1 is 1.08 bits per heavy atom. The third kappa shape index (κ3) is 5.30. The number of ether oxygens (including phenoxy) is 2. The second kappa shape index (κ2) is 8.96. The van der Waals surface area contributed by atoms with Crippen molar-refractivity contribution >= 4 is 11.6 Å². The second-order valence-electron chi connectivity index (χ2n) is 5.69. The van der Waals surface area contributed by atoms with Crippen LogP contribution in [0.5, 0.6) is 11.5 Å². The standard InChI is InChI=1S/C20H25NO3/c1-4-13-23-17-11-9-16(10-12-17)21-20(22)19(5-2)24-18-8-6-7-15(3)14-18/h6-12,14,19H,4-5,13H2,1-3H3,(H,21,22)/t19-/m1/s1. The van der Waals surface area contributed by atoms with Gasteiger partial charge in [-0.2, -0.15) is 0 Å². The van der Waals surface area contributed by atoms with Gasteiger partial charge in [0.2, 0.25) is 0 Å². The van der Waals surface area contributed by atoms with Crippen molar-refractivity contribution in [1.82, 2.24) is 0 Å². The summed E-state index contributed by atoms with van der Waals surface area (Å²) in [5.41, 5.74) is 1.83. The maximum absolute atomic E-state index is 12.4. The summed E-state index contributed by atoms with van der Waals surface area (Å²) < 4.78 is 11.4. The Balaban J connectivity index is 1.96. The Kier molecular flexibility index (Phi) is 6.67. The molecule has 128 valence electrons. The first-order valence-electron chi connectivity index (χ1n) is 8.39. The lowest BCUT2D eigenvalue weighted by Crippen LogP contribution is -2.32. The highest BCUT2D eigenvalue weighted by molar-refractivity contribution is 5.94. The number of rotatable bonds is 8. The molecule has 0 spiro atoms. The van der Waals surface area contributed by atoms with E-state index in [1.165, 1.54) is 0 Å². The zero-order chi connectivity index (χ0) is 17.4. The molecule has 4 heteroatoms. The quantitative estimate of drug-likeness (QED) is 0.772. The molecule has 1 atom stereocenters. The van der Waals surface area contributed by atoms with E-state index in [4.69, 9.17) is 9.47 Å². The van der Waals surface area contributed by atoms with Crippen LogP contribution in [-0.2, 0) is 4.79 Å². The molecule has 2 rings (SSSR count). The van der Waals surface area contributed by atoms with E-state index in [-0.39, 0.29) is 5.91 Å². The molecule has 0 aliphatic rings. The normalized spacial score (nSPS) is 11.6. The van der Waals surface area contributed by atoms with Gasteiger partial charge in [0.25, 0.3) is 5.91 Å². The Morgan fingerprint density at radius 3 is 2.46 bits per heavy atom. The third-order valence-electron chi connectivity index (χ3n) is 3.53. The van der Waals surface area contributed by atoms with Crippen LogP contribution in [0.2, 0.25) is 0 Å². The molecular formula is C20H25NO3. The van der Waals surface area contributed by atoms with Crippen LogP contribution in [-0.4, -0.2) is 18.6 Å². The first-order chi connectivity index (χ1) is 11.6. The zero-order valence-electron chi connectivity index (χ0n) is 14.5. The second-order valence-corrected chi connectivity index (χ2v) is 5.69. The fourth-order valence-electron chi connectivity index (χ4n) is 2.25. The van der Waals surface area contributed by atoms with Gasteiger partial charge < -0.3 is 14.8 Å². The van der Waals surface area contributed by atoms with Crippen molar-refractivity contribution in [3.05, 3.63) is 54.1 Å². The van der Waals surface area contributed by atoms with E-state index in [2.05, 4.69) is 12.2 Å². The molecule has 4 nitrogen and oxygen atoms in total. The van der Waals surface area contributed by atoms with Gasteiger partial charge in [-0.05, 0) is 61.7 Å². The molecule has 1 N–H and O–H groups in total. The fourth-order valence-corrected chi connectivity index (χ4v) is 2.25. The summed E-state index contributed by atoms with van der Waals surface area (Å²) in [6.07, 6.45) is 1.03. The maximum atomic E-state index is 12.4. The number of carbonyl (C=O) groups excluding carboxylic acids is 1. The lowest BCUT2D eigenvalue weighted by atomic mass is 10.2. The number of hydrogen-bond acceptors (Lipinski definition) is 3. The van der Waals surface area contributed by atoms with Crippen molar-refractivity contribution in [2.75, 3.05) is 11.9 Å². The highest BCUT2D eigenvalue weighted by Crippen LogP contribution is 2.18. The Morgan fingerprint density at radius 2 is 1.83 bits per heavy atom. The number of carbonyl (C=O) groups is 1. The monoisotopic (exact) mass is 327 g/mol. The van der Waals surface area contributed by atoms with Crippen molar-refractivity contribution in [2.45, 2.75) is 39.7 Å². The largest absolute Gasteiger partial charge is 0.494 e. The van der Waals surface area contributed by atoms with Crippen LogP contribution in [0.1, 0.15) is 32.3 Å². The molecule has 0 bridgehead atoms. The third-order valence-corrected chi connectivity index (χ3v) is 3.53. The summed E-state index contributed by atoms with van der Waals surface area (Å²) in [5.74, 6) is 1.36. The summed E-state index contributed by atoms with van der Waals surface area (Å²) in [5, 5.41) is 2.89. The van der Waals surface area contributed by atoms with E-state index >= 15 is 0 Å². The van der Waals surface area contributed by atoms with Gasteiger partial charge in [0.1, 0.15) is 11.5 Å². The lowest BCUT2D eigenvalue weighted by molar-refractivity contribution is -0.122. The molecule has 2 aromatic carbocycles. The molecule has 0 saturated heterocycles. The van der Waals surface area contributed by atoms with E-state index in [1.54, 1.807) is 0 Å². The van der Waals surface area contributed by atoms with Gasteiger partial charge in [-0.25, -0.2) is 0 Å². The summed E-state index contributed by atoms with van der Waals surface area (Å²) in [6, 6.07) is 15.1. The first-order valence-corrected chi connectivity index (χ1v) is 8.39.